The van der Waals surface area contributed by atoms with Gasteiger partial charge in [0, 0.05) is 18.7 Å². The monoisotopic (exact) mass is 364 g/mol. The fraction of sp³-hybridized carbons (Fsp3) is 0.538. The first kappa shape index (κ1) is 13.9. The summed E-state index contributed by atoms with van der Waals surface area (Å²) in [6.07, 6.45) is 4.57. The Hall–Kier alpha value is -0.560. The minimum Gasteiger partial charge on any atom is -0.397 e. The summed E-state index contributed by atoms with van der Waals surface area (Å²) in [5, 5.41) is 9.20. The van der Waals surface area contributed by atoms with E-state index in [0.29, 0.717) is 27.5 Å². The molecule has 0 amide bonds. The van der Waals surface area contributed by atoms with Gasteiger partial charge >= 0.3 is 0 Å². The molecule has 0 atom stereocenters. The molecule has 1 aliphatic rings. The van der Waals surface area contributed by atoms with Gasteiger partial charge in [-0.1, -0.05) is 12.8 Å². The number of anilines is 2. The Morgan fingerprint density at radius 1 is 1.39 bits per heavy atom. The number of hydrogen-bond acceptors (Lipinski definition) is 3. The number of aliphatic hydroxyl groups excluding tert-OH is 1. The second kappa shape index (κ2) is 6.06. The third-order valence-corrected chi connectivity index (χ3v) is 4.31. The van der Waals surface area contributed by atoms with E-state index in [4.69, 9.17) is 5.73 Å². The van der Waals surface area contributed by atoms with Crippen molar-refractivity contribution < 1.29 is 9.50 Å². The van der Waals surface area contributed by atoms with Crippen LogP contribution in [0.1, 0.15) is 25.7 Å². The lowest BCUT2D eigenvalue weighted by molar-refractivity contribution is 0.297. The van der Waals surface area contributed by atoms with Crippen molar-refractivity contribution in [1.29, 1.82) is 0 Å². The van der Waals surface area contributed by atoms with Crippen LogP contribution in [-0.4, -0.2) is 24.3 Å². The smallest absolute Gasteiger partial charge is 0.138 e. The molecule has 2 rings (SSSR count). The highest BCUT2D eigenvalue weighted by Gasteiger charge is 2.24. The summed E-state index contributed by atoms with van der Waals surface area (Å²) in [4.78, 5) is 2.06. The third kappa shape index (κ3) is 2.88. The number of nitrogen functional groups attached to an aromatic ring is 1. The number of aliphatic hydroxyl groups is 1. The largest absolute Gasteiger partial charge is 0.397 e. The number of hydrogen-bond donors (Lipinski definition) is 2. The van der Waals surface area contributed by atoms with Crippen LogP contribution in [-0.2, 0) is 0 Å². The van der Waals surface area contributed by atoms with E-state index in [1.165, 1.54) is 18.9 Å². The minimum absolute atomic E-state index is 0.0591. The Labute approximate surface area is 120 Å². The molecule has 100 valence electrons. The number of nitrogens with two attached hydrogens (primary N) is 1. The van der Waals surface area contributed by atoms with Crippen molar-refractivity contribution >= 4 is 34.0 Å². The predicted molar refractivity (Wildman–Crippen MR) is 80.2 cm³/mol. The highest BCUT2D eigenvalue weighted by molar-refractivity contribution is 14.1. The van der Waals surface area contributed by atoms with Crippen molar-refractivity contribution in [3.8, 4) is 0 Å². The van der Waals surface area contributed by atoms with Crippen LogP contribution in [0.15, 0.2) is 12.1 Å². The van der Waals surface area contributed by atoms with Gasteiger partial charge in [-0.2, -0.15) is 0 Å². The summed E-state index contributed by atoms with van der Waals surface area (Å²) in [6, 6.07) is 3.52. The second-order valence-corrected chi connectivity index (χ2v) is 5.84. The Morgan fingerprint density at radius 2 is 2.06 bits per heavy atom. The highest BCUT2D eigenvalue weighted by atomic mass is 127. The van der Waals surface area contributed by atoms with Crippen LogP contribution >= 0.6 is 22.6 Å². The van der Waals surface area contributed by atoms with E-state index in [0.717, 1.165) is 12.8 Å². The fourth-order valence-corrected chi connectivity index (χ4v) is 3.12. The lowest BCUT2D eigenvalue weighted by atomic mass is 10.1. The van der Waals surface area contributed by atoms with Gasteiger partial charge < -0.3 is 15.7 Å². The lowest BCUT2D eigenvalue weighted by Crippen LogP contribution is -2.36. The van der Waals surface area contributed by atoms with Crippen molar-refractivity contribution in [3.05, 3.63) is 21.5 Å². The van der Waals surface area contributed by atoms with Crippen molar-refractivity contribution in [2.45, 2.75) is 31.7 Å². The molecule has 0 bridgehead atoms. The van der Waals surface area contributed by atoms with E-state index >= 15 is 0 Å². The quantitative estimate of drug-likeness (QED) is 0.638. The summed E-state index contributed by atoms with van der Waals surface area (Å²) in [7, 11) is 0. The first-order valence-corrected chi connectivity index (χ1v) is 7.33. The van der Waals surface area contributed by atoms with E-state index in [2.05, 4.69) is 4.90 Å². The molecule has 0 radical (unpaired) electrons. The van der Waals surface area contributed by atoms with Gasteiger partial charge in [0.2, 0.25) is 0 Å². The lowest BCUT2D eigenvalue weighted by Gasteiger charge is -2.31. The first-order chi connectivity index (χ1) is 8.63. The third-order valence-electron chi connectivity index (χ3n) is 3.49. The Kier molecular flexibility index (Phi) is 4.66. The maximum Gasteiger partial charge on any atom is 0.138 e. The molecule has 1 aromatic carbocycles. The molecule has 1 aromatic rings. The normalized spacial score (nSPS) is 16.2. The highest BCUT2D eigenvalue weighted by Crippen LogP contribution is 2.33. The molecule has 0 saturated heterocycles. The van der Waals surface area contributed by atoms with Crippen LogP contribution in [0.2, 0.25) is 0 Å². The zero-order chi connectivity index (χ0) is 13.1. The molecule has 3 nitrogen and oxygen atoms in total. The van der Waals surface area contributed by atoms with Crippen LogP contribution in [0.3, 0.4) is 0 Å². The molecule has 0 aromatic heterocycles. The molecule has 3 N–H and O–H groups in total. The van der Waals surface area contributed by atoms with Crippen molar-refractivity contribution in [1.82, 2.24) is 0 Å². The molecule has 1 aliphatic carbocycles. The average Bonchev–Trinajstić information content (AvgIpc) is 2.85. The zero-order valence-electron chi connectivity index (χ0n) is 10.2. The van der Waals surface area contributed by atoms with Crippen molar-refractivity contribution in [2.24, 2.45) is 0 Å². The summed E-state index contributed by atoms with van der Waals surface area (Å²) < 4.78 is 14.2. The Balaban J connectivity index is 2.32. The van der Waals surface area contributed by atoms with Gasteiger partial charge in [-0.05, 0) is 41.5 Å². The van der Waals surface area contributed by atoms with Gasteiger partial charge in [0.05, 0.1) is 21.6 Å². The maximum absolute atomic E-state index is 13.7. The molecule has 0 spiro atoms. The summed E-state index contributed by atoms with van der Waals surface area (Å²) >= 11 is 1.94. The standard InChI is InChI=1S/C13H18FIN2O/c14-10-7-13(12(16)8-11(10)15)17(5-6-18)9-3-1-2-4-9/h7-9,18H,1-6,16H2. The molecular formula is C13H18FIN2O. The number of benzene rings is 1. The van der Waals surface area contributed by atoms with Crippen LogP contribution in [0.25, 0.3) is 0 Å². The second-order valence-electron chi connectivity index (χ2n) is 4.68. The van der Waals surface area contributed by atoms with E-state index in [1.807, 2.05) is 22.6 Å². The van der Waals surface area contributed by atoms with Gasteiger partial charge in [0.1, 0.15) is 5.82 Å². The summed E-state index contributed by atoms with van der Waals surface area (Å²) in [5.41, 5.74) is 7.30. The molecular weight excluding hydrogens is 346 g/mol. The SMILES string of the molecule is Nc1cc(I)c(F)cc1N(CCO)C1CCCC1. The molecule has 1 fully saturated rings. The van der Waals surface area contributed by atoms with E-state index < -0.39 is 0 Å². The van der Waals surface area contributed by atoms with Crippen LogP contribution in [0, 0.1) is 9.39 Å². The average molecular weight is 364 g/mol. The molecule has 0 aliphatic heterocycles. The van der Waals surface area contributed by atoms with E-state index in [9.17, 15) is 9.50 Å². The van der Waals surface area contributed by atoms with Gasteiger partial charge in [-0.3, -0.25) is 0 Å². The molecule has 18 heavy (non-hydrogen) atoms. The maximum atomic E-state index is 13.7. The van der Waals surface area contributed by atoms with Gasteiger partial charge in [-0.15, -0.1) is 0 Å². The van der Waals surface area contributed by atoms with Gasteiger partial charge in [0.25, 0.3) is 0 Å². The van der Waals surface area contributed by atoms with Crippen LogP contribution < -0.4 is 10.6 Å². The Morgan fingerprint density at radius 3 is 2.67 bits per heavy atom. The van der Waals surface area contributed by atoms with Crippen molar-refractivity contribution in [2.75, 3.05) is 23.8 Å². The Bertz CT molecular complexity index is 422. The number of nitrogens with zero attached hydrogens (tertiary/aromatic N) is 1. The minimum atomic E-state index is -0.249. The first-order valence-electron chi connectivity index (χ1n) is 6.25. The molecule has 0 heterocycles. The summed E-state index contributed by atoms with van der Waals surface area (Å²) in [6.45, 7) is 0.568. The molecule has 1 saturated carbocycles. The van der Waals surface area contributed by atoms with E-state index in [1.54, 1.807) is 6.07 Å². The zero-order valence-corrected chi connectivity index (χ0v) is 12.4. The summed E-state index contributed by atoms with van der Waals surface area (Å²) in [5.74, 6) is -0.249. The van der Waals surface area contributed by atoms with Crippen molar-refractivity contribution in [3.63, 3.8) is 0 Å². The number of rotatable bonds is 4. The van der Waals surface area contributed by atoms with Gasteiger partial charge in [-0.25, -0.2) is 4.39 Å². The van der Waals surface area contributed by atoms with E-state index in [-0.39, 0.29) is 12.4 Å². The predicted octanol–water partition coefficient (Wildman–Crippen LogP) is 2.75. The number of halogens is 2. The fourth-order valence-electron chi connectivity index (χ4n) is 2.62. The van der Waals surface area contributed by atoms with Crippen LogP contribution in [0.4, 0.5) is 15.8 Å². The topological polar surface area (TPSA) is 49.5 Å². The van der Waals surface area contributed by atoms with Gasteiger partial charge in [0.15, 0.2) is 0 Å². The van der Waals surface area contributed by atoms with Crippen LogP contribution in [0.5, 0.6) is 0 Å². The molecule has 0 unspecified atom stereocenters. The molecule has 5 heteroatoms.